The molecule has 1 aromatic carbocycles. The first kappa shape index (κ1) is 13.5. The highest BCUT2D eigenvalue weighted by molar-refractivity contribution is 7.89. The minimum absolute atomic E-state index is 0.0394. The second kappa shape index (κ2) is 4.98. The molecule has 0 atom stereocenters. The van der Waals surface area contributed by atoms with Gasteiger partial charge in [-0.25, -0.2) is 17.5 Å². The maximum Gasteiger partial charge on any atom is 0.241 e. The van der Waals surface area contributed by atoms with Crippen molar-refractivity contribution in [3.05, 3.63) is 41.5 Å². The minimum Gasteiger partial charge on any atom is -0.398 e. The molecule has 2 rings (SSSR count). The summed E-state index contributed by atoms with van der Waals surface area (Å²) in [5.74, 6) is -0.651. The van der Waals surface area contributed by atoms with Crippen molar-refractivity contribution < 1.29 is 12.8 Å². The van der Waals surface area contributed by atoms with E-state index in [9.17, 15) is 12.8 Å². The summed E-state index contributed by atoms with van der Waals surface area (Å²) in [7, 11) is -3.82. The predicted molar refractivity (Wildman–Crippen MR) is 68.2 cm³/mol. The van der Waals surface area contributed by atoms with E-state index >= 15 is 0 Å². The number of nitrogen functional groups attached to an aromatic ring is 1. The number of nitrogens with zero attached hydrogens (tertiary/aromatic N) is 1. The van der Waals surface area contributed by atoms with Crippen LogP contribution in [0.25, 0.3) is 0 Å². The van der Waals surface area contributed by atoms with E-state index < -0.39 is 15.8 Å². The smallest absolute Gasteiger partial charge is 0.241 e. The number of rotatable bonds is 4. The summed E-state index contributed by atoms with van der Waals surface area (Å²) in [4.78, 5) is -0.201. The molecule has 0 saturated carbocycles. The summed E-state index contributed by atoms with van der Waals surface area (Å²) in [6, 6.07) is 3.81. The Morgan fingerprint density at radius 3 is 2.79 bits per heavy atom. The van der Waals surface area contributed by atoms with Crippen molar-refractivity contribution >= 4 is 15.7 Å². The topological polar surface area (TPSA) is 101 Å². The maximum absolute atomic E-state index is 13.5. The molecule has 6 nitrogen and oxygen atoms in total. The molecular weight excluding hydrogens is 271 g/mol. The fraction of sp³-hybridized carbons (Fsp3) is 0.182. The van der Waals surface area contributed by atoms with Gasteiger partial charge in [0.25, 0.3) is 0 Å². The van der Waals surface area contributed by atoms with Crippen molar-refractivity contribution in [1.82, 2.24) is 14.9 Å². The summed E-state index contributed by atoms with van der Waals surface area (Å²) in [6.07, 6.45) is 1.51. The van der Waals surface area contributed by atoms with E-state index in [-0.39, 0.29) is 22.7 Å². The summed E-state index contributed by atoms with van der Waals surface area (Å²) in [5, 5.41) is 6.31. The number of anilines is 1. The highest BCUT2D eigenvalue weighted by atomic mass is 32.2. The number of H-pyrrole nitrogens is 1. The van der Waals surface area contributed by atoms with Crippen LogP contribution in [0.1, 0.15) is 11.3 Å². The molecule has 0 aliphatic heterocycles. The monoisotopic (exact) mass is 284 g/mol. The Morgan fingerprint density at radius 1 is 1.47 bits per heavy atom. The van der Waals surface area contributed by atoms with Gasteiger partial charge < -0.3 is 5.73 Å². The number of sulfonamides is 1. The highest BCUT2D eigenvalue weighted by Crippen LogP contribution is 2.20. The third kappa shape index (κ3) is 2.91. The van der Waals surface area contributed by atoms with E-state index in [1.165, 1.54) is 19.2 Å². The molecule has 0 radical (unpaired) electrons. The van der Waals surface area contributed by atoms with Gasteiger partial charge in [-0.2, -0.15) is 5.10 Å². The molecule has 1 heterocycles. The molecule has 0 bridgehead atoms. The van der Waals surface area contributed by atoms with Crippen molar-refractivity contribution in [2.75, 3.05) is 5.73 Å². The molecule has 4 N–H and O–H groups in total. The Balaban J connectivity index is 2.24. The molecule has 0 spiro atoms. The fourth-order valence-electron chi connectivity index (χ4n) is 1.47. The van der Waals surface area contributed by atoms with Crippen molar-refractivity contribution in [3.8, 4) is 0 Å². The zero-order valence-electron chi connectivity index (χ0n) is 10.1. The quantitative estimate of drug-likeness (QED) is 0.727. The number of aromatic amines is 1. The number of nitrogens with two attached hydrogens (primary N) is 1. The lowest BCUT2D eigenvalue weighted by Gasteiger charge is -2.08. The van der Waals surface area contributed by atoms with Crippen molar-refractivity contribution in [2.45, 2.75) is 18.4 Å². The summed E-state index contributed by atoms with van der Waals surface area (Å²) < 4.78 is 39.8. The standard InChI is InChI=1S/C11H13FN4O2S/c1-7-10(12)4-9(5-11(7)13)19(17,18)15-6-8-2-3-14-16-8/h2-5,15H,6,13H2,1H3,(H,14,16). The Bertz CT molecular complexity index is 660. The van der Waals surface area contributed by atoms with Gasteiger partial charge in [0.05, 0.1) is 17.1 Å². The van der Waals surface area contributed by atoms with Gasteiger partial charge in [0.2, 0.25) is 10.0 Å². The van der Waals surface area contributed by atoms with Crippen LogP contribution in [0.5, 0.6) is 0 Å². The van der Waals surface area contributed by atoms with Crippen LogP contribution in [-0.2, 0) is 16.6 Å². The van der Waals surface area contributed by atoms with E-state index in [0.717, 1.165) is 6.07 Å². The number of aromatic nitrogens is 2. The lowest BCUT2D eigenvalue weighted by molar-refractivity contribution is 0.575. The van der Waals surface area contributed by atoms with Gasteiger partial charge in [-0.1, -0.05) is 0 Å². The Hall–Kier alpha value is -1.93. The Morgan fingerprint density at radius 2 is 2.21 bits per heavy atom. The molecule has 0 aliphatic carbocycles. The van der Waals surface area contributed by atoms with Gasteiger partial charge in [0, 0.05) is 17.4 Å². The normalized spacial score (nSPS) is 11.7. The van der Waals surface area contributed by atoms with Gasteiger partial charge >= 0.3 is 0 Å². The molecule has 0 unspecified atom stereocenters. The SMILES string of the molecule is Cc1c(N)cc(S(=O)(=O)NCc2ccn[nH]2)cc1F. The number of nitrogens with one attached hydrogen (secondary N) is 2. The fourth-order valence-corrected chi connectivity index (χ4v) is 2.52. The van der Waals surface area contributed by atoms with Crippen molar-refractivity contribution in [2.24, 2.45) is 0 Å². The molecule has 0 aliphatic rings. The van der Waals surface area contributed by atoms with Crippen LogP contribution in [0, 0.1) is 12.7 Å². The van der Waals surface area contributed by atoms with Crippen LogP contribution >= 0.6 is 0 Å². The van der Waals surface area contributed by atoms with E-state index in [1.54, 1.807) is 6.07 Å². The molecule has 19 heavy (non-hydrogen) atoms. The molecule has 0 saturated heterocycles. The minimum atomic E-state index is -3.82. The van der Waals surface area contributed by atoms with E-state index in [4.69, 9.17) is 5.73 Å². The van der Waals surface area contributed by atoms with Crippen molar-refractivity contribution in [3.63, 3.8) is 0 Å². The average Bonchev–Trinajstić information content (AvgIpc) is 2.86. The predicted octanol–water partition coefficient (Wildman–Crippen LogP) is 0.918. The third-order valence-electron chi connectivity index (χ3n) is 2.68. The molecule has 2 aromatic rings. The van der Waals surface area contributed by atoms with E-state index in [0.29, 0.717) is 5.69 Å². The largest absolute Gasteiger partial charge is 0.398 e. The molecule has 102 valence electrons. The maximum atomic E-state index is 13.5. The van der Waals surface area contributed by atoms with Crippen LogP contribution < -0.4 is 10.5 Å². The first-order valence-electron chi connectivity index (χ1n) is 5.43. The van der Waals surface area contributed by atoms with Gasteiger partial charge in [-0.15, -0.1) is 0 Å². The third-order valence-corrected chi connectivity index (χ3v) is 4.06. The number of benzene rings is 1. The first-order chi connectivity index (χ1) is 8.90. The molecule has 1 aromatic heterocycles. The van der Waals surface area contributed by atoms with Gasteiger partial charge in [0.1, 0.15) is 5.82 Å². The molecular formula is C11H13FN4O2S. The molecule has 0 amide bonds. The van der Waals surface area contributed by atoms with E-state index in [1.807, 2.05) is 0 Å². The number of halogens is 1. The van der Waals surface area contributed by atoms with Crippen LogP contribution in [0.15, 0.2) is 29.3 Å². The molecule has 0 fully saturated rings. The van der Waals surface area contributed by atoms with Gasteiger partial charge in [0.15, 0.2) is 0 Å². The van der Waals surface area contributed by atoms with Crippen LogP contribution in [0.3, 0.4) is 0 Å². The average molecular weight is 284 g/mol. The van der Waals surface area contributed by atoms with Gasteiger partial charge in [-0.3, -0.25) is 5.10 Å². The van der Waals surface area contributed by atoms with Crippen LogP contribution in [0.2, 0.25) is 0 Å². The molecule has 8 heteroatoms. The number of hydrogen-bond donors (Lipinski definition) is 3. The Labute approximate surface area is 109 Å². The lowest BCUT2D eigenvalue weighted by Crippen LogP contribution is -2.23. The summed E-state index contributed by atoms with van der Waals surface area (Å²) >= 11 is 0. The van der Waals surface area contributed by atoms with Crippen molar-refractivity contribution in [1.29, 1.82) is 0 Å². The van der Waals surface area contributed by atoms with Crippen LogP contribution in [-0.4, -0.2) is 18.6 Å². The first-order valence-corrected chi connectivity index (χ1v) is 6.92. The summed E-state index contributed by atoms with van der Waals surface area (Å²) in [6.45, 7) is 1.52. The second-order valence-electron chi connectivity index (χ2n) is 4.03. The van der Waals surface area contributed by atoms with E-state index in [2.05, 4.69) is 14.9 Å². The lowest BCUT2D eigenvalue weighted by atomic mass is 10.2. The van der Waals surface area contributed by atoms with Crippen LogP contribution in [0.4, 0.5) is 10.1 Å². The zero-order valence-corrected chi connectivity index (χ0v) is 11.0. The second-order valence-corrected chi connectivity index (χ2v) is 5.79. The highest BCUT2D eigenvalue weighted by Gasteiger charge is 2.17. The Kier molecular flexibility index (Phi) is 3.54. The summed E-state index contributed by atoms with van der Waals surface area (Å²) in [5.41, 5.74) is 6.49. The number of hydrogen-bond acceptors (Lipinski definition) is 4. The van der Waals surface area contributed by atoms with Gasteiger partial charge in [-0.05, 0) is 25.1 Å². The zero-order chi connectivity index (χ0) is 14.0.